The van der Waals surface area contributed by atoms with Gasteiger partial charge >= 0.3 is 5.97 Å². The number of carboxylic acids is 1. The summed E-state index contributed by atoms with van der Waals surface area (Å²) in [7, 11) is 0. The summed E-state index contributed by atoms with van der Waals surface area (Å²) < 4.78 is 0. The number of hydrogen-bond donors (Lipinski definition) is 2. The van der Waals surface area contributed by atoms with Crippen molar-refractivity contribution in [3.63, 3.8) is 0 Å². The number of fused-ring (bicyclic) bond motifs is 5. The van der Waals surface area contributed by atoms with Crippen LogP contribution in [-0.4, -0.2) is 22.3 Å². The molecule has 3 heteroatoms. The van der Waals surface area contributed by atoms with Crippen LogP contribution in [0.25, 0.3) is 0 Å². The van der Waals surface area contributed by atoms with Crippen LogP contribution in [0.15, 0.2) is 22.8 Å². The van der Waals surface area contributed by atoms with Crippen molar-refractivity contribution in [2.45, 2.75) is 112 Å². The molecule has 3 fully saturated rings. The first-order valence-corrected chi connectivity index (χ1v) is 13.6. The summed E-state index contributed by atoms with van der Waals surface area (Å²) >= 11 is 0. The number of aliphatic carboxylic acids is 1. The molecule has 0 aromatic carbocycles. The van der Waals surface area contributed by atoms with Gasteiger partial charge in [0.1, 0.15) is 0 Å². The van der Waals surface area contributed by atoms with Crippen LogP contribution in [0.1, 0.15) is 106 Å². The Balaban J connectivity index is 1.71. The van der Waals surface area contributed by atoms with Crippen LogP contribution in [0, 0.1) is 45.8 Å². The predicted octanol–water partition coefficient (Wildman–Crippen LogP) is 7.40. The summed E-state index contributed by atoms with van der Waals surface area (Å²) in [5.74, 6) is 1.03. The lowest BCUT2D eigenvalue weighted by Crippen LogP contribution is -2.60. The van der Waals surface area contributed by atoms with E-state index in [4.69, 9.17) is 0 Å². The molecule has 3 nitrogen and oxygen atoms in total. The topological polar surface area (TPSA) is 57.5 Å². The van der Waals surface area contributed by atoms with E-state index in [-0.39, 0.29) is 28.3 Å². The molecule has 0 aromatic rings. The van der Waals surface area contributed by atoms with Gasteiger partial charge in [-0.1, -0.05) is 57.4 Å². The lowest BCUT2D eigenvalue weighted by molar-refractivity contribution is -0.177. The zero-order chi connectivity index (χ0) is 24.3. The Morgan fingerprint density at radius 2 is 1.79 bits per heavy atom. The van der Waals surface area contributed by atoms with Gasteiger partial charge in [0.05, 0.1) is 12.0 Å². The fourth-order valence-electron chi connectivity index (χ4n) is 9.37. The third-order valence-electron chi connectivity index (χ3n) is 11.2. The molecule has 3 saturated carbocycles. The normalized spacial score (nSPS) is 42.7. The lowest BCUT2D eigenvalue weighted by atomic mass is 9.40. The molecule has 0 amide bonds. The van der Waals surface area contributed by atoms with Gasteiger partial charge in [-0.3, -0.25) is 4.79 Å². The van der Waals surface area contributed by atoms with Crippen LogP contribution in [0.4, 0.5) is 0 Å². The van der Waals surface area contributed by atoms with Crippen LogP contribution in [0.3, 0.4) is 0 Å². The smallest absolute Gasteiger partial charge is 0.310 e. The van der Waals surface area contributed by atoms with Crippen molar-refractivity contribution in [1.82, 2.24) is 0 Å². The van der Waals surface area contributed by atoms with E-state index < -0.39 is 5.97 Å². The van der Waals surface area contributed by atoms with Crippen molar-refractivity contribution >= 4 is 5.97 Å². The third-order valence-corrected chi connectivity index (χ3v) is 11.2. The molecule has 8 atom stereocenters. The SMILES string of the molecule is CC(C)=CCCC(C)C1=C2[C@H](C(=O)O)C[C@H]3[C@@H](CC[C@H]4C(C)(C)[C@@H](O)CC[C@]34C)[C@]2(C)CC1. The van der Waals surface area contributed by atoms with Crippen molar-refractivity contribution in [2.24, 2.45) is 45.8 Å². The Morgan fingerprint density at radius 3 is 2.42 bits per heavy atom. The highest BCUT2D eigenvalue weighted by molar-refractivity contribution is 5.75. The molecule has 33 heavy (non-hydrogen) atoms. The fraction of sp³-hybridized carbons (Fsp3) is 0.833. The molecule has 4 aliphatic rings. The van der Waals surface area contributed by atoms with Crippen molar-refractivity contribution in [2.75, 3.05) is 0 Å². The highest BCUT2D eigenvalue weighted by Gasteiger charge is 2.64. The zero-order valence-electron chi connectivity index (χ0n) is 22.2. The Labute approximate surface area is 202 Å². The second-order valence-corrected chi connectivity index (χ2v) is 13.5. The van der Waals surface area contributed by atoms with E-state index in [9.17, 15) is 15.0 Å². The van der Waals surface area contributed by atoms with Crippen molar-refractivity contribution < 1.29 is 15.0 Å². The maximum absolute atomic E-state index is 12.7. The molecule has 0 heterocycles. The highest BCUT2D eigenvalue weighted by atomic mass is 16.4. The van der Waals surface area contributed by atoms with Crippen LogP contribution in [0.2, 0.25) is 0 Å². The molecule has 4 rings (SSSR count). The number of carboxylic acid groups (broad SMARTS) is 1. The number of hydrogen-bond acceptors (Lipinski definition) is 2. The Kier molecular flexibility index (Phi) is 6.47. The predicted molar refractivity (Wildman–Crippen MR) is 135 cm³/mol. The molecule has 2 N–H and O–H groups in total. The first-order valence-electron chi connectivity index (χ1n) is 13.6. The van der Waals surface area contributed by atoms with Gasteiger partial charge in [0.2, 0.25) is 0 Å². The summed E-state index contributed by atoms with van der Waals surface area (Å²) in [6.45, 7) is 16.0. The highest BCUT2D eigenvalue weighted by Crippen LogP contribution is 2.70. The fourth-order valence-corrected chi connectivity index (χ4v) is 9.37. The molecule has 0 saturated heterocycles. The molecule has 1 unspecified atom stereocenters. The molecule has 0 spiro atoms. The minimum absolute atomic E-state index is 0.0280. The van der Waals surface area contributed by atoms with E-state index >= 15 is 0 Å². The van der Waals surface area contributed by atoms with Crippen LogP contribution >= 0.6 is 0 Å². The van der Waals surface area contributed by atoms with Crippen molar-refractivity contribution in [3.05, 3.63) is 22.8 Å². The lowest BCUT2D eigenvalue weighted by Gasteiger charge is -2.65. The molecule has 186 valence electrons. The molecular formula is C30H48O3. The van der Waals surface area contributed by atoms with E-state index in [1.54, 1.807) is 0 Å². The van der Waals surface area contributed by atoms with E-state index in [0.717, 1.165) is 44.9 Å². The molecule has 0 radical (unpaired) electrons. The second-order valence-electron chi connectivity index (χ2n) is 13.5. The summed E-state index contributed by atoms with van der Waals surface area (Å²) in [4.78, 5) is 12.7. The maximum Gasteiger partial charge on any atom is 0.310 e. The van der Waals surface area contributed by atoms with Crippen LogP contribution < -0.4 is 0 Å². The van der Waals surface area contributed by atoms with E-state index in [1.165, 1.54) is 29.6 Å². The average Bonchev–Trinajstić information content (AvgIpc) is 3.08. The molecule has 4 aliphatic carbocycles. The second kappa shape index (κ2) is 8.54. The largest absolute Gasteiger partial charge is 0.481 e. The molecule has 0 aliphatic heterocycles. The number of allylic oxidation sites excluding steroid dienone is 3. The van der Waals surface area contributed by atoms with E-state index in [1.807, 2.05) is 0 Å². The summed E-state index contributed by atoms with van der Waals surface area (Å²) in [5, 5.41) is 21.3. The van der Waals surface area contributed by atoms with Crippen molar-refractivity contribution in [1.29, 1.82) is 0 Å². The number of rotatable bonds is 5. The first-order chi connectivity index (χ1) is 15.3. The van der Waals surface area contributed by atoms with Gasteiger partial charge in [0.25, 0.3) is 0 Å². The third kappa shape index (κ3) is 3.85. The van der Waals surface area contributed by atoms with E-state index in [0.29, 0.717) is 23.7 Å². The average molecular weight is 457 g/mol. The zero-order valence-corrected chi connectivity index (χ0v) is 22.2. The van der Waals surface area contributed by atoms with Crippen LogP contribution in [-0.2, 0) is 4.79 Å². The van der Waals surface area contributed by atoms with Gasteiger partial charge in [-0.05, 0) is 112 Å². The van der Waals surface area contributed by atoms with Gasteiger partial charge in [0, 0.05) is 0 Å². The Hall–Kier alpha value is -1.09. The quantitative estimate of drug-likeness (QED) is 0.424. The van der Waals surface area contributed by atoms with Gasteiger partial charge in [-0.25, -0.2) is 0 Å². The van der Waals surface area contributed by atoms with E-state index in [2.05, 4.69) is 54.5 Å². The molecule has 0 bridgehead atoms. The monoisotopic (exact) mass is 456 g/mol. The Morgan fingerprint density at radius 1 is 1.09 bits per heavy atom. The minimum atomic E-state index is -0.605. The van der Waals surface area contributed by atoms with Gasteiger partial charge in [-0.15, -0.1) is 0 Å². The summed E-state index contributed by atoms with van der Waals surface area (Å²) in [6, 6.07) is 0. The van der Waals surface area contributed by atoms with Gasteiger partial charge in [-0.2, -0.15) is 0 Å². The molecule has 0 aromatic heterocycles. The summed E-state index contributed by atoms with van der Waals surface area (Å²) in [5.41, 5.74) is 4.25. The Bertz CT molecular complexity index is 847. The number of aliphatic hydroxyl groups is 1. The van der Waals surface area contributed by atoms with Crippen LogP contribution in [0.5, 0.6) is 0 Å². The first kappa shape index (κ1) is 25.0. The van der Waals surface area contributed by atoms with Crippen molar-refractivity contribution in [3.8, 4) is 0 Å². The molecular weight excluding hydrogens is 408 g/mol. The minimum Gasteiger partial charge on any atom is -0.481 e. The summed E-state index contributed by atoms with van der Waals surface area (Å²) in [6.07, 6.45) is 11.5. The maximum atomic E-state index is 12.7. The number of aliphatic hydroxyl groups excluding tert-OH is 1. The number of carbonyl (C=O) groups is 1. The van der Waals surface area contributed by atoms with Gasteiger partial charge in [0.15, 0.2) is 0 Å². The van der Waals surface area contributed by atoms with Gasteiger partial charge < -0.3 is 10.2 Å². The standard InChI is InChI=1S/C30H48O3/c1-18(2)9-8-10-19(3)20-13-15-30(7)22-11-12-24-28(4,5)25(31)14-16-29(24,6)23(22)17-21(26(20)30)27(32)33/h9,19,21-25,31H,8,10-17H2,1-7H3,(H,32,33)/t19?,21-,22-,23+,24+,25+,29-,30+/m1/s1.